The van der Waals surface area contributed by atoms with Crippen molar-refractivity contribution in [3.05, 3.63) is 75.8 Å². The van der Waals surface area contributed by atoms with Crippen LogP contribution in [0.25, 0.3) is 10.9 Å². The molecule has 0 saturated carbocycles. The van der Waals surface area contributed by atoms with Crippen LogP contribution < -0.4 is 10.3 Å². The molecule has 29 heavy (non-hydrogen) atoms. The van der Waals surface area contributed by atoms with Gasteiger partial charge in [-0.25, -0.2) is 4.39 Å². The fourth-order valence-electron chi connectivity index (χ4n) is 3.89. The summed E-state index contributed by atoms with van der Waals surface area (Å²) in [7, 11) is 3.42. The monoisotopic (exact) mass is 397 g/mol. The van der Waals surface area contributed by atoms with Crippen molar-refractivity contribution in [3.8, 4) is 5.75 Å². The molecule has 0 bridgehead atoms. The van der Waals surface area contributed by atoms with Gasteiger partial charge in [0.1, 0.15) is 6.61 Å². The Bertz CT molecular complexity index is 1090. The zero-order valence-corrected chi connectivity index (χ0v) is 16.6. The Hall–Kier alpha value is -2.70. The van der Waals surface area contributed by atoms with E-state index in [2.05, 4.69) is 0 Å². The van der Waals surface area contributed by atoms with Gasteiger partial charge in [-0.3, -0.25) is 4.79 Å². The van der Waals surface area contributed by atoms with E-state index in [1.54, 1.807) is 36.9 Å². The lowest BCUT2D eigenvalue weighted by Crippen LogP contribution is -2.35. The second kappa shape index (κ2) is 7.97. The zero-order valence-electron chi connectivity index (χ0n) is 16.6. The largest absolute Gasteiger partial charge is 0.486 e. The first kappa shape index (κ1) is 19.6. The Kier molecular flexibility index (Phi) is 5.39. The van der Waals surface area contributed by atoms with E-state index in [-0.39, 0.29) is 17.9 Å². The summed E-state index contributed by atoms with van der Waals surface area (Å²) in [5, 5.41) is 0.933. The van der Waals surface area contributed by atoms with E-state index in [1.165, 1.54) is 12.1 Å². The van der Waals surface area contributed by atoms with Gasteiger partial charge in [0.2, 0.25) is 0 Å². The number of aromatic nitrogens is 1. The number of nitrogens with zero attached hydrogens (tertiary/aromatic N) is 1. The van der Waals surface area contributed by atoms with Crippen molar-refractivity contribution in [1.29, 1.82) is 0 Å². The van der Waals surface area contributed by atoms with Crippen LogP contribution in [0.5, 0.6) is 5.75 Å². The third-order valence-electron chi connectivity index (χ3n) is 5.73. The van der Waals surface area contributed by atoms with Crippen LogP contribution in [0.15, 0.2) is 53.3 Å². The minimum Gasteiger partial charge on any atom is -0.486 e. The Balaban J connectivity index is 1.57. The SMILES string of the molecule is COC1(c2ccc(F)c(OCc3ccc4c(ccc(=O)n4C)c3)c2)CCOCC1. The zero-order chi connectivity index (χ0) is 20.4. The molecule has 1 fully saturated rings. The van der Waals surface area contributed by atoms with Crippen molar-refractivity contribution in [2.45, 2.75) is 25.0 Å². The lowest BCUT2D eigenvalue weighted by atomic mass is 9.86. The van der Waals surface area contributed by atoms with Gasteiger partial charge in [0.25, 0.3) is 5.56 Å². The third-order valence-corrected chi connectivity index (χ3v) is 5.73. The molecule has 2 aromatic carbocycles. The van der Waals surface area contributed by atoms with Gasteiger partial charge < -0.3 is 18.8 Å². The maximum atomic E-state index is 14.4. The average molecular weight is 397 g/mol. The second-order valence-electron chi connectivity index (χ2n) is 7.37. The van der Waals surface area contributed by atoms with E-state index in [4.69, 9.17) is 14.2 Å². The lowest BCUT2D eigenvalue weighted by Gasteiger charge is -2.36. The second-order valence-corrected chi connectivity index (χ2v) is 7.37. The smallest absolute Gasteiger partial charge is 0.250 e. The van der Waals surface area contributed by atoms with Crippen molar-refractivity contribution in [3.63, 3.8) is 0 Å². The van der Waals surface area contributed by atoms with E-state index in [0.29, 0.717) is 13.2 Å². The molecule has 6 heteroatoms. The summed E-state index contributed by atoms with van der Waals surface area (Å²) in [6, 6.07) is 14.0. The van der Waals surface area contributed by atoms with Gasteiger partial charge in [0.15, 0.2) is 11.6 Å². The van der Waals surface area contributed by atoms with E-state index in [0.717, 1.165) is 34.9 Å². The normalized spacial score (nSPS) is 16.1. The lowest BCUT2D eigenvalue weighted by molar-refractivity contribution is -0.0949. The molecule has 0 amide bonds. The Labute approximate surface area is 168 Å². The van der Waals surface area contributed by atoms with Crippen molar-refractivity contribution >= 4 is 10.9 Å². The van der Waals surface area contributed by atoms with Crippen LogP contribution in [0.3, 0.4) is 0 Å². The summed E-state index contributed by atoms with van der Waals surface area (Å²) in [5.41, 5.74) is 2.11. The molecule has 0 unspecified atom stereocenters. The van der Waals surface area contributed by atoms with Crippen molar-refractivity contribution in [2.75, 3.05) is 20.3 Å². The van der Waals surface area contributed by atoms with Crippen LogP contribution >= 0.6 is 0 Å². The number of ether oxygens (including phenoxy) is 3. The number of pyridine rings is 1. The fourth-order valence-corrected chi connectivity index (χ4v) is 3.89. The van der Waals surface area contributed by atoms with Crippen LogP contribution in [0, 0.1) is 5.82 Å². The summed E-state index contributed by atoms with van der Waals surface area (Å²) < 4.78 is 33.1. The molecule has 1 aliphatic rings. The molecular formula is C23H24FNO4. The van der Waals surface area contributed by atoms with Gasteiger partial charge in [-0.1, -0.05) is 12.1 Å². The fraction of sp³-hybridized carbons (Fsp3) is 0.348. The standard InChI is InChI=1S/C23H24FNO4/c1-25-20-7-3-16(13-17(20)4-8-22(25)26)15-29-21-14-18(5-6-19(21)24)23(27-2)9-11-28-12-10-23/h3-8,13-14H,9-12,15H2,1-2H3. The molecule has 0 aliphatic carbocycles. The molecule has 152 valence electrons. The number of benzene rings is 2. The van der Waals surface area contributed by atoms with Gasteiger partial charge in [0.05, 0.1) is 11.1 Å². The molecule has 0 N–H and O–H groups in total. The van der Waals surface area contributed by atoms with E-state index < -0.39 is 11.4 Å². The molecule has 1 aliphatic heterocycles. The molecule has 0 radical (unpaired) electrons. The number of hydrogen-bond acceptors (Lipinski definition) is 4. The van der Waals surface area contributed by atoms with Crippen LogP contribution in [-0.4, -0.2) is 24.9 Å². The molecule has 1 aromatic heterocycles. The maximum absolute atomic E-state index is 14.4. The summed E-state index contributed by atoms with van der Waals surface area (Å²) in [6.45, 7) is 1.45. The molecule has 0 atom stereocenters. The van der Waals surface area contributed by atoms with E-state index >= 15 is 0 Å². The summed E-state index contributed by atoms with van der Waals surface area (Å²) in [4.78, 5) is 11.8. The first-order valence-electron chi connectivity index (χ1n) is 9.67. The Morgan fingerprint density at radius 3 is 2.66 bits per heavy atom. The number of aryl methyl sites for hydroxylation is 1. The Morgan fingerprint density at radius 2 is 1.90 bits per heavy atom. The average Bonchev–Trinajstić information content (AvgIpc) is 2.76. The highest BCUT2D eigenvalue weighted by atomic mass is 19.1. The van der Waals surface area contributed by atoms with Crippen LogP contribution in [0.1, 0.15) is 24.0 Å². The summed E-state index contributed by atoms with van der Waals surface area (Å²) >= 11 is 0. The summed E-state index contributed by atoms with van der Waals surface area (Å²) in [6.07, 6.45) is 1.44. The predicted octanol–water partition coefficient (Wildman–Crippen LogP) is 3.91. The molecule has 0 spiro atoms. The van der Waals surface area contributed by atoms with Gasteiger partial charge in [-0.05, 0) is 46.8 Å². The number of fused-ring (bicyclic) bond motifs is 1. The molecule has 2 heterocycles. The first-order valence-corrected chi connectivity index (χ1v) is 9.67. The molecule has 1 saturated heterocycles. The van der Waals surface area contributed by atoms with Crippen molar-refractivity contribution in [1.82, 2.24) is 4.57 Å². The van der Waals surface area contributed by atoms with Crippen molar-refractivity contribution in [2.24, 2.45) is 7.05 Å². The molecule has 4 rings (SSSR count). The summed E-state index contributed by atoms with van der Waals surface area (Å²) in [5.74, 6) is -0.207. The third kappa shape index (κ3) is 3.78. The minimum atomic E-state index is -0.474. The van der Waals surface area contributed by atoms with Gasteiger partial charge >= 0.3 is 0 Å². The van der Waals surface area contributed by atoms with Crippen LogP contribution in [-0.2, 0) is 28.7 Å². The highest BCUT2D eigenvalue weighted by Crippen LogP contribution is 2.37. The number of hydrogen-bond donors (Lipinski definition) is 0. The highest BCUT2D eigenvalue weighted by Gasteiger charge is 2.35. The van der Waals surface area contributed by atoms with E-state index in [1.807, 2.05) is 18.2 Å². The topological polar surface area (TPSA) is 49.7 Å². The van der Waals surface area contributed by atoms with Crippen molar-refractivity contribution < 1.29 is 18.6 Å². The van der Waals surface area contributed by atoms with Gasteiger partial charge in [0, 0.05) is 46.3 Å². The predicted molar refractivity (Wildman–Crippen MR) is 109 cm³/mol. The highest BCUT2D eigenvalue weighted by molar-refractivity contribution is 5.79. The van der Waals surface area contributed by atoms with Crippen LogP contribution in [0.4, 0.5) is 4.39 Å². The van der Waals surface area contributed by atoms with Gasteiger partial charge in [-0.15, -0.1) is 0 Å². The Morgan fingerprint density at radius 1 is 1.10 bits per heavy atom. The number of rotatable bonds is 5. The maximum Gasteiger partial charge on any atom is 0.250 e. The molecular weight excluding hydrogens is 373 g/mol. The van der Waals surface area contributed by atoms with Crippen LogP contribution in [0.2, 0.25) is 0 Å². The number of halogens is 1. The first-order chi connectivity index (χ1) is 14.0. The number of methoxy groups -OCH3 is 1. The molecule has 3 aromatic rings. The van der Waals surface area contributed by atoms with E-state index in [9.17, 15) is 9.18 Å². The quantitative estimate of drug-likeness (QED) is 0.655. The van der Waals surface area contributed by atoms with Gasteiger partial charge in [-0.2, -0.15) is 0 Å². The minimum absolute atomic E-state index is 0.0550. The molecule has 5 nitrogen and oxygen atoms in total.